The summed E-state index contributed by atoms with van der Waals surface area (Å²) in [4.78, 5) is 11.0. The third-order valence-corrected chi connectivity index (χ3v) is 8.16. The van der Waals surface area contributed by atoms with E-state index < -0.39 is 30.9 Å². The predicted octanol–water partition coefficient (Wildman–Crippen LogP) is 1.63. The second-order valence-corrected chi connectivity index (χ2v) is 10.3. The Morgan fingerprint density at radius 2 is 1.48 bits per heavy atom. The number of rotatable bonds is 5. The number of nitrogens with zero attached hydrogens (tertiary/aromatic N) is 1. The molecule has 0 spiro atoms. The van der Waals surface area contributed by atoms with Crippen LogP contribution in [-0.4, -0.2) is 45.4 Å². The van der Waals surface area contributed by atoms with Crippen molar-refractivity contribution in [3.05, 3.63) is 54.3 Å². The second-order valence-electron chi connectivity index (χ2n) is 6.15. The van der Waals surface area contributed by atoms with Crippen LogP contribution >= 0.6 is 0 Å². The first-order valence-electron chi connectivity index (χ1n) is 7.98. The number of carbonyl (C=O) groups excluding carboxylic acids is 1. The molecule has 10 heteroatoms. The third-order valence-electron chi connectivity index (χ3n) is 4.21. The molecule has 0 unspecified atom stereocenters. The number of halogens is 1. The maximum atomic E-state index is 13.0. The van der Waals surface area contributed by atoms with Crippen molar-refractivity contribution in [2.24, 2.45) is 0 Å². The highest BCUT2D eigenvalue weighted by atomic mass is 32.2. The first-order chi connectivity index (χ1) is 12.6. The van der Waals surface area contributed by atoms with Gasteiger partial charge in [0.2, 0.25) is 15.9 Å². The van der Waals surface area contributed by atoms with Crippen molar-refractivity contribution >= 4 is 31.5 Å². The molecule has 1 N–H and O–H groups in total. The normalized spacial score (nSPS) is 15.9. The zero-order valence-electron chi connectivity index (χ0n) is 14.3. The Bertz CT molecular complexity index is 1060. The molecule has 1 aliphatic rings. The smallest absolute Gasteiger partial charge is 0.243 e. The van der Waals surface area contributed by atoms with Crippen molar-refractivity contribution in [1.29, 1.82) is 0 Å². The highest BCUT2D eigenvalue weighted by molar-refractivity contribution is 7.92. The summed E-state index contributed by atoms with van der Waals surface area (Å²) < 4.78 is 64.2. The van der Waals surface area contributed by atoms with Crippen molar-refractivity contribution in [1.82, 2.24) is 4.31 Å². The van der Waals surface area contributed by atoms with Gasteiger partial charge in [-0.3, -0.25) is 4.79 Å². The van der Waals surface area contributed by atoms with Crippen LogP contribution in [0.25, 0.3) is 0 Å². The SMILES string of the molecule is CC(=O)Nc1ccc(S(=O)(=O)N2CC(S(=O)(=O)c3ccc(F)cc3)C2)cc1. The van der Waals surface area contributed by atoms with Crippen molar-refractivity contribution in [2.75, 3.05) is 18.4 Å². The van der Waals surface area contributed by atoms with Gasteiger partial charge in [-0.05, 0) is 48.5 Å². The Kier molecular flexibility index (Phi) is 5.06. The van der Waals surface area contributed by atoms with E-state index in [-0.39, 0.29) is 28.8 Å². The highest BCUT2D eigenvalue weighted by Gasteiger charge is 2.44. The van der Waals surface area contributed by atoms with Gasteiger partial charge in [-0.25, -0.2) is 21.2 Å². The molecule has 1 saturated heterocycles. The van der Waals surface area contributed by atoms with E-state index in [0.29, 0.717) is 5.69 Å². The topological polar surface area (TPSA) is 101 Å². The minimum atomic E-state index is -3.83. The number of carbonyl (C=O) groups is 1. The van der Waals surface area contributed by atoms with Crippen LogP contribution < -0.4 is 5.32 Å². The zero-order valence-corrected chi connectivity index (χ0v) is 15.9. The summed E-state index contributed by atoms with van der Waals surface area (Å²) in [5, 5.41) is 1.66. The van der Waals surface area contributed by atoms with E-state index >= 15 is 0 Å². The van der Waals surface area contributed by atoms with E-state index in [1.165, 1.54) is 43.3 Å². The fourth-order valence-corrected chi connectivity index (χ4v) is 6.04. The summed E-state index contributed by atoms with van der Waals surface area (Å²) in [6.45, 7) is 0.997. The van der Waals surface area contributed by atoms with Crippen LogP contribution in [0.4, 0.5) is 10.1 Å². The van der Waals surface area contributed by atoms with Gasteiger partial charge in [0.15, 0.2) is 9.84 Å². The van der Waals surface area contributed by atoms with E-state index in [1.54, 1.807) is 0 Å². The molecule has 27 heavy (non-hydrogen) atoms. The summed E-state index contributed by atoms with van der Waals surface area (Å²) in [5.74, 6) is -0.823. The van der Waals surface area contributed by atoms with Crippen LogP contribution in [0.1, 0.15) is 6.92 Å². The summed E-state index contributed by atoms with van der Waals surface area (Å²) in [6, 6.07) is 10.1. The lowest BCUT2D eigenvalue weighted by Gasteiger charge is -2.37. The zero-order chi connectivity index (χ0) is 19.8. The van der Waals surface area contributed by atoms with Crippen LogP contribution in [0.3, 0.4) is 0 Å². The van der Waals surface area contributed by atoms with E-state index in [0.717, 1.165) is 16.4 Å². The maximum Gasteiger partial charge on any atom is 0.243 e. The molecule has 0 radical (unpaired) electrons. The van der Waals surface area contributed by atoms with Crippen LogP contribution in [0.5, 0.6) is 0 Å². The number of hydrogen-bond acceptors (Lipinski definition) is 5. The van der Waals surface area contributed by atoms with Gasteiger partial charge in [0.05, 0.1) is 15.0 Å². The lowest BCUT2D eigenvalue weighted by atomic mass is 10.3. The number of benzene rings is 2. The Morgan fingerprint density at radius 1 is 0.963 bits per heavy atom. The molecule has 0 atom stereocenters. The molecule has 3 rings (SSSR count). The molecule has 1 amide bonds. The van der Waals surface area contributed by atoms with E-state index in [1.807, 2.05) is 0 Å². The summed E-state index contributed by atoms with van der Waals surface area (Å²) in [5.41, 5.74) is 0.460. The average Bonchev–Trinajstić information content (AvgIpc) is 2.53. The third kappa shape index (κ3) is 3.87. The molecule has 0 aromatic heterocycles. The van der Waals surface area contributed by atoms with Crippen LogP contribution in [0.15, 0.2) is 58.3 Å². The number of sulfonamides is 1. The van der Waals surface area contributed by atoms with Crippen molar-refractivity contribution in [3.63, 3.8) is 0 Å². The number of sulfone groups is 1. The van der Waals surface area contributed by atoms with E-state index in [2.05, 4.69) is 5.32 Å². The molecule has 7 nitrogen and oxygen atoms in total. The van der Waals surface area contributed by atoms with Gasteiger partial charge in [0.25, 0.3) is 0 Å². The lowest BCUT2D eigenvalue weighted by molar-refractivity contribution is -0.114. The highest BCUT2D eigenvalue weighted by Crippen LogP contribution is 2.29. The minimum Gasteiger partial charge on any atom is -0.326 e. The van der Waals surface area contributed by atoms with Gasteiger partial charge in [0, 0.05) is 25.7 Å². The summed E-state index contributed by atoms with van der Waals surface area (Å²) >= 11 is 0. The van der Waals surface area contributed by atoms with Crippen LogP contribution in [-0.2, 0) is 24.7 Å². The first kappa shape index (κ1) is 19.5. The Hall–Kier alpha value is -2.30. The number of hydrogen-bond donors (Lipinski definition) is 1. The molecule has 1 fully saturated rings. The fourth-order valence-electron chi connectivity index (χ4n) is 2.67. The van der Waals surface area contributed by atoms with Crippen LogP contribution in [0, 0.1) is 5.82 Å². The minimum absolute atomic E-state index is 0.00855. The summed E-state index contributed by atoms with van der Waals surface area (Å²) in [7, 11) is -7.57. The summed E-state index contributed by atoms with van der Waals surface area (Å²) in [6.07, 6.45) is 0. The number of anilines is 1. The Morgan fingerprint density at radius 3 is 2.00 bits per heavy atom. The molecule has 0 saturated carbocycles. The second kappa shape index (κ2) is 7.02. The van der Waals surface area contributed by atoms with Crippen molar-refractivity contribution in [3.8, 4) is 0 Å². The van der Waals surface area contributed by atoms with Gasteiger partial charge >= 0.3 is 0 Å². The molecule has 0 aliphatic carbocycles. The predicted molar refractivity (Wildman–Crippen MR) is 96.9 cm³/mol. The van der Waals surface area contributed by atoms with Crippen molar-refractivity contribution < 1.29 is 26.0 Å². The molecule has 2 aromatic rings. The maximum absolute atomic E-state index is 13.0. The molecule has 144 valence electrons. The quantitative estimate of drug-likeness (QED) is 0.753. The van der Waals surface area contributed by atoms with Gasteiger partial charge in [-0.2, -0.15) is 4.31 Å². The average molecular weight is 412 g/mol. The molecular formula is C17H17FN2O5S2. The lowest BCUT2D eigenvalue weighted by Crippen LogP contribution is -2.56. The molecule has 2 aromatic carbocycles. The molecule has 0 bridgehead atoms. The van der Waals surface area contributed by atoms with Gasteiger partial charge < -0.3 is 5.32 Å². The van der Waals surface area contributed by atoms with Crippen molar-refractivity contribution in [2.45, 2.75) is 22.0 Å². The van der Waals surface area contributed by atoms with E-state index in [9.17, 15) is 26.0 Å². The standard InChI is InChI=1S/C17H17FN2O5S2/c1-12(21)19-14-4-8-16(9-5-14)27(24,25)20-10-17(11-20)26(22,23)15-6-2-13(18)3-7-15/h2-9,17H,10-11H2,1H3,(H,19,21). The Balaban J connectivity index is 1.72. The molecule has 1 heterocycles. The van der Waals surface area contributed by atoms with Crippen LogP contribution in [0.2, 0.25) is 0 Å². The number of amides is 1. The van der Waals surface area contributed by atoms with Gasteiger partial charge in [-0.1, -0.05) is 0 Å². The Labute approximate surface area is 156 Å². The molecule has 1 aliphatic heterocycles. The monoisotopic (exact) mass is 412 g/mol. The number of nitrogens with one attached hydrogen (secondary N) is 1. The van der Waals surface area contributed by atoms with Gasteiger partial charge in [-0.15, -0.1) is 0 Å². The van der Waals surface area contributed by atoms with E-state index in [4.69, 9.17) is 0 Å². The first-order valence-corrected chi connectivity index (χ1v) is 11.0. The van der Waals surface area contributed by atoms with Gasteiger partial charge in [0.1, 0.15) is 5.82 Å². The fraction of sp³-hybridized carbons (Fsp3) is 0.235. The largest absolute Gasteiger partial charge is 0.326 e. The molecular weight excluding hydrogens is 395 g/mol.